The van der Waals surface area contributed by atoms with E-state index in [4.69, 9.17) is 14.2 Å². The van der Waals surface area contributed by atoms with E-state index in [1.165, 1.54) is 22.2 Å². The van der Waals surface area contributed by atoms with Crippen LogP contribution >= 0.6 is 11.3 Å². The van der Waals surface area contributed by atoms with Gasteiger partial charge >= 0.3 is 5.97 Å². The number of hydrogen-bond acceptors (Lipinski definition) is 7. The molecule has 8 heteroatoms. The van der Waals surface area contributed by atoms with Crippen LogP contribution in [0.4, 0.5) is 0 Å². The Morgan fingerprint density at radius 2 is 2.00 bits per heavy atom. The Balaban J connectivity index is 2.09. The van der Waals surface area contributed by atoms with Crippen LogP contribution in [0.3, 0.4) is 0 Å². The third kappa shape index (κ3) is 3.60. The topological polar surface area (TPSA) is 79.7 Å². The average molecular weight is 402 g/mol. The summed E-state index contributed by atoms with van der Waals surface area (Å²) in [6.45, 7) is 3.87. The molecule has 1 aromatic carbocycles. The molecule has 28 heavy (non-hydrogen) atoms. The monoisotopic (exact) mass is 402 g/mol. The molecule has 0 bridgehead atoms. The molecule has 0 radical (unpaired) electrons. The Hall–Kier alpha value is -2.87. The van der Waals surface area contributed by atoms with Crippen LogP contribution in [0, 0.1) is 0 Å². The summed E-state index contributed by atoms with van der Waals surface area (Å²) in [5, 5.41) is 2.35. The number of carbonyl (C=O) groups excluding carboxylic acids is 1. The van der Waals surface area contributed by atoms with Gasteiger partial charge in [0.2, 0.25) is 0 Å². The normalized spacial score (nSPS) is 12.0. The Labute approximate surface area is 166 Å². The first-order chi connectivity index (χ1) is 13.5. The minimum Gasteiger partial charge on any atom is -0.493 e. The number of aromatic nitrogens is 2. The van der Waals surface area contributed by atoms with E-state index in [0.29, 0.717) is 28.3 Å². The molecule has 0 saturated carbocycles. The van der Waals surface area contributed by atoms with Crippen LogP contribution in [0.2, 0.25) is 0 Å². The number of ether oxygens (including phenoxy) is 3. The van der Waals surface area contributed by atoms with E-state index in [-0.39, 0.29) is 5.56 Å². The third-order valence-electron chi connectivity index (χ3n) is 4.42. The first-order valence-corrected chi connectivity index (χ1v) is 9.77. The van der Waals surface area contributed by atoms with Crippen molar-refractivity contribution in [3.8, 4) is 22.6 Å². The number of esters is 1. The minimum absolute atomic E-state index is 0.281. The molecule has 0 saturated heterocycles. The minimum atomic E-state index is -0.755. The zero-order valence-corrected chi connectivity index (χ0v) is 17.0. The molecule has 0 fully saturated rings. The van der Waals surface area contributed by atoms with Crippen LogP contribution in [-0.2, 0) is 9.53 Å². The van der Waals surface area contributed by atoms with Crippen molar-refractivity contribution in [1.82, 2.24) is 9.55 Å². The van der Waals surface area contributed by atoms with E-state index in [0.717, 1.165) is 17.5 Å². The van der Waals surface area contributed by atoms with Crippen molar-refractivity contribution in [2.75, 3.05) is 20.8 Å². The Morgan fingerprint density at radius 1 is 1.25 bits per heavy atom. The van der Waals surface area contributed by atoms with Gasteiger partial charge in [0, 0.05) is 10.9 Å². The van der Waals surface area contributed by atoms with Gasteiger partial charge in [-0.25, -0.2) is 9.78 Å². The summed E-state index contributed by atoms with van der Waals surface area (Å²) in [5.74, 6) is 0.724. The fraction of sp³-hybridized carbons (Fsp3) is 0.350. The molecule has 2 aromatic heterocycles. The lowest BCUT2D eigenvalue weighted by Crippen LogP contribution is -2.29. The van der Waals surface area contributed by atoms with Crippen molar-refractivity contribution in [2.24, 2.45) is 0 Å². The quantitative estimate of drug-likeness (QED) is 0.561. The number of fused-ring (bicyclic) bond motifs is 1. The van der Waals surface area contributed by atoms with Gasteiger partial charge in [-0.1, -0.05) is 13.0 Å². The van der Waals surface area contributed by atoms with Crippen LogP contribution in [-0.4, -0.2) is 36.3 Å². The van der Waals surface area contributed by atoms with Crippen LogP contribution in [0.25, 0.3) is 21.3 Å². The summed E-state index contributed by atoms with van der Waals surface area (Å²) in [6.07, 6.45) is 2.12. The first-order valence-electron chi connectivity index (χ1n) is 8.89. The zero-order valence-electron chi connectivity index (χ0n) is 16.2. The summed E-state index contributed by atoms with van der Waals surface area (Å²) in [6, 6.07) is 4.71. The molecule has 1 unspecified atom stereocenters. The first kappa shape index (κ1) is 19.9. The smallest absolute Gasteiger partial charge is 0.328 e. The van der Waals surface area contributed by atoms with Crippen LogP contribution < -0.4 is 15.0 Å². The van der Waals surface area contributed by atoms with Crippen molar-refractivity contribution in [2.45, 2.75) is 26.3 Å². The standard InChI is InChI=1S/C20H22N2O5S/c1-5-8-27-20(24)12(2)22-11-21-18-17(19(22)23)14(10-28-18)13-6-7-15(25-3)16(9-13)26-4/h6-7,9-12H,5,8H2,1-4H3. The molecule has 3 rings (SSSR count). The summed E-state index contributed by atoms with van der Waals surface area (Å²) in [5.41, 5.74) is 1.26. The molecule has 148 valence electrons. The summed E-state index contributed by atoms with van der Waals surface area (Å²) >= 11 is 1.38. The second kappa shape index (κ2) is 8.43. The van der Waals surface area contributed by atoms with Gasteiger partial charge in [0.15, 0.2) is 11.5 Å². The van der Waals surface area contributed by atoms with E-state index in [1.54, 1.807) is 27.2 Å². The predicted molar refractivity (Wildman–Crippen MR) is 108 cm³/mol. The maximum atomic E-state index is 13.1. The van der Waals surface area contributed by atoms with Gasteiger partial charge in [0.25, 0.3) is 5.56 Å². The molecule has 0 aliphatic heterocycles. The molecule has 0 N–H and O–H groups in total. The number of thiophene rings is 1. The van der Waals surface area contributed by atoms with Gasteiger partial charge in [-0.2, -0.15) is 0 Å². The van der Waals surface area contributed by atoms with Crippen molar-refractivity contribution >= 4 is 27.5 Å². The van der Waals surface area contributed by atoms with Crippen molar-refractivity contribution < 1.29 is 19.0 Å². The molecule has 0 spiro atoms. The maximum Gasteiger partial charge on any atom is 0.328 e. The third-order valence-corrected chi connectivity index (χ3v) is 5.31. The van der Waals surface area contributed by atoms with Gasteiger partial charge in [0.05, 0.1) is 32.5 Å². The Kier molecular flexibility index (Phi) is 5.99. The molecular weight excluding hydrogens is 380 g/mol. The molecule has 0 amide bonds. The lowest BCUT2D eigenvalue weighted by Gasteiger charge is -2.14. The van der Waals surface area contributed by atoms with Crippen molar-refractivity contribution in [3.63, 3.8) is 0 Å². The summed E-state index contributed by atoms with van der Waals surface area (Å²) in [4.78, 5) is 30.3. The van der Waals surface area contributed by atoms with Crippen molar-refractivity contribution in [1.29, 1.82) is 0 Å². The fourth-order valence-electron chi connectivity index (χ4n) is 2.87. The van der Waals surface area contributed by atoms with Gasteiger partial charge in [-0.15, -0.1) is 11.3 Å². The highest BCUT2D eigenvalue weighted by Crippen LogP contribution is 2.36. The zero-order chi connectivity index (χ0) is 20.3. The predicted octanol–water partition coefficient (Wildman–Crippen LogP) is 3.66. The molecule has 0 aliphatic carbocycles. The fourth-order valence-corrected chi connectivity index (χ4v) is 3.78. The molecule has 2 heterocycles. The largest absolute Gasteiger partial charge is 0.493 e. The highest BCUT2D eigenvalue weighted by molar-refractivity contribution is 7.17. The molecule has 1 atom stereocenters. The lowest BCUT2D eigenvalue weighted by atomic mass is 10.1. The Bertz CT molecular complexity index is 1060. The van der Waals surface area contributed by atoms with E-state index in [1.807, 2.05) is 24.4 Å². The van der Waals surface area contributed by atoms with E-state index >= 15 is 0 Å². The number of methoxy groups -OCH3 is 2. The van der Waals surface area contributed by atoms with Gasteiger partial charge in [0.1, 0.15) is 10.9 Å². The van der Waals surface area contributed by atoms with Gasteiger partial charge < -0.3 is 14.2 Å². The number of nitrogens with zero attached hydrogens (tertiary/aromatic N) is 2. The molecular formula is C20H22N2O5S. The average Bonchev–Trinajstić information content (AvgIpc) is 3.16. The van der Waals surface area contributed by atoms with Gasteiger partial charge in [-0.05, 0) is 31.0 Å². The highest BCUT2D eigenvalue weighted by atomic mass is 32.1. The number of rotatable bonds is 7. The van der Waals surface area contributed by atoms with Crippen LogP contribution in [0.15, 0.2) is 34.7 Å². The lowest BCUT2D eigenvalue weighted by molar-refractivity contribution is -0.147. The number of hydrogen-bond donors (Lipinski definition) is 0. The molecule has 7 nitrogen and oxygen atoms in total. The number of benzene rings is 1. The van der Waals surface area contributed by atoms with Crippen LogP contribution in [0.5, 0.6) is 11.5 Å². The van der Waals surface area contributed by atoms with E-state index in [2.05, 4.69) is 4.98 Å². The highest BCUT2D eigenvalue weighted by Gasteiger charge is 2.21. The second-order valence-corrected chi connectivity index (χ2v) is 7.06. The maximum absolute atomic E-state index is 13.1. The van der Waals surface area contributed by atoms with Gasteiger partial charge in [-0.3, -0.25) is 9.36 Å². The van der Waals surface area contributed by atoms with Crippen LogP contribution in [0.1, 0.15) is 26.3 Å². The van der Waals surface area contributed by atoms with E-state index < -0.39 is 12.0 Å². The van der Waals surface area contributed by atoms with Crippen molar-refractivity contribution in [3.05, 3.63) is 40.3 Å². The Morgan fingerprint density at radius 3 is 2.68 bits per heavy atom. The van der Waals surface area contributed by atoms with E-state index in [9.17, 15) is 9.59 Å². The summed E-state index contributed by atoms with van der Waals surface area (Å²) < 4.78 is 17.1. The molecule has 0 aliphatic rings. The second-order valence-electron chi connectivity index (χ2n) is 6.20. The summed E-state index contributed by atoms with van der Waals surface area (Å²) in [7, 11) is 3.13. The number of carbonyl (C=O) groups is 1. The molecule has 3 aromatic rings. The SMILES string of the molecule is CCCOC(=O)C(C)n1cnc2scc(-c3ccc(OC)c(OC)c3)c2c1=O.